The zero-order valence-electron chi connectivity index (χ0n) is 19.8. The van der Waals surface area contributed by atoms with E-state index in [1.807, 2.05) is 55.6 Å². The molecule has 0 radical (unpaired) electrons. The average molecular weight is 480 g/mol. The van der Waals surface area contributed by atoms with Crippen LogP contribution in [0.3, 0.4) is 0 Å². The van der Waals surface area contributed by atoms with Crippen molar-refractivity contribution in [2.45, 2.75) is 26.3 Å². The molecule has 0 bridgehead atoms. The van der Waals surface area contributed by atoms with E-state index >= 15 is 0 Å². The first-order valence-corrected chi connectivity index (χ1v) is 11.9. The van der Waals surface area contributed by atoms with Crippen molar-refractivity contribution in [3.8, 4) is 16.9 Å². The highest BCUT2D eigenvalue weighted by molar-refractivity contribution is 6.22. The topological polar surface area (TPSA) is 97.2 Å². The van der Waals surface area contributed by atoms with E-state index in [-0.39, 0.29) is 29.8 Å². The van der Waals surface area contributed by atoms with Crippen molar-refractivity contribution in [1.29, 1.82) is 0 Å². The second-order valence-corrected chi connectivity index (χ2v) is 8.58. The fourth-order valence-electron chi connectivity index (χ4n) is 4.23. The number of nitrogens with one attached hydrogen (secondary N) is 1. The van der Waals surface area contributed by atoms with Crippen molar-refractivity contribution in [1.82, 2.24) is 25.0 Å². The third-order valence-corrected chi connectivity index (χ3v) is 6.17. The first-order valence-electron chi connectivity index (χ1n) is 11.9. The van der Waals surface area contributed by atoms with E-state index in [4.69, 9.17) is 5.10 Å². The minimum Gasteiger partial charge on any atom is -0.348 e. The van der Waals surface area contributed by atoms with Crippen molar-refractivity contribution in [3.05, 3.63) is 102 Å². The number of benzene rings is 2. The molecule has 1 N–H and O–H groups in total. The SMILES string of the molecule is CCCCN1C(=O)c2ccc(C(=O)NCc3cn(-c4ccccc4)nc3-c3ccncc3)cc2C1=O. The number of amides is 3. The lowest BCUT2D eigenvalue weighted by molar-refractivity contribution is 0.0652. The number of carbonyl (C=O) groups is 3. The molecule has 36 heavy (non-hydrogen) atoms. The molecule has 0 unspecified atom stereocenters. The number of hydrogen-bond donors (Lipinski definition) is 1. The molecule has 8 nitrogen and oxygen atoms in total. The van der Waals surface area contributed by atoms with Gasteiger partial charge < -0.3 is 5.32 Å². The van der Waals surface area contributed by atoms with Crippen molar-refractivity contribution in [2.75, 3.05) is 6.54 Å². The van der Waals surface area contributed by atoms with E-state index in [1.165, 1.54) is 11.0 Å². The van der Waals surface area contributed by atoms with Gasteiger partial charge in [0, 0.05) is 48.4 Å². The van der Waals surface area contributed by atoms with Gasteiger partial charge in [-0.1, -0.05) is 31.5 Å². The number of imide groups is 1. The molecule has 8 heteroatoms. The van der Waals surface area contributed by atoms with Gasteiger partial charge in [-0.2, -0.15) is 5.10 Å². The summed E-state index contributed by atoms with van der Waals surface area (Å²) in [6.45, 7) is 2.62. The summed E-state index contributed by atoms with van der Waals surface area (Å²) >= 11 is 0. The average Bonchev–Trinajstić information content (AvgIpc) is 3.46. The standard InChI is InChI=1S/C28H25N5O3/c1-2-3-15-32-27(35)23-10-9-20(16-24(23)28(32)36)26(34)30-17-21-18-33(22-7-5-4-6-8-22)31-25(21)19-11-13-29-14-12-19/h4-14,16,18H,2-3,15,17H2,1H3,(H,30,34). The van der Waals surface area contributed by atoms with Crippen LogP contribution in [-0.2, 0) is 6.54 Å². The Morgan fingerprint density at radius 3 is 2.44 bits per heavy atom. The second kappa shape index (κ2) is 9.95. The molecule has 2 aromatic carbocycles. The van der Waals surface area contributed by atoms with Crippen LogP contribution >= 0.6 is 0 Å². The highest BCUT2D eigenvalue weighted by atomic mass is 16.2. The Morgan fingerprint density at radius 2 is 1.69 bits per heavy atom. The van der Waals surface area contributed by atoms with Crippen LogP contribution in [0.15, 0.2) is 79.3 Å². The maximum atomic E-state index is 13.0. The molecule has 2 aromatic heterocycles. The summed E-state index contributed by atoms with van der Waals surface area (Å²) in [7, 11) is 0. The Balaban J connectivity index is 1.37. The number of fused-ring (bicyclic) bond motifs is 1. The molecular weight excluding hydrogens is 454 g/mol. The molecule has 0 saturated heterocycles. The molecule has 0 aliphatic carbocycles. The highest BCUT2D eigenvalue weighted by Crippen LogP contribution is 2.26. The van der Waals surface area contributed by atoms with Gasteiger partial charge in [0.2, 0.25) is 0 Å². The fourth-order valence-corrected chi connectivity index (χ4v) is 4.23. The first kappa shape index (κ1) is 23.2. The Bertz CT molecular complexity index is 1430. The summed E-state index contributed by atoms with van der Waals surface area (Å²) in [5.74, 6) is -0.980. The lowest BCUT2D eigenvalue weighted by Gasteiger charge is -2.12. The first-order chi connectivity index (χ1) is 17.6. The maximum absolute atomic E-state index is 13.0. The second-order valence-electron chi connectivity index (χ2n) is 8.58. The van der Waals surface area contributed by atoms with Crippen LogP contribution < -0.4 is 5.32 Å². The summed E-state index contributed by atoms with van der Waals surface area (Å²) < 4.78 is 1.78. The summed E-state index contributed by atoms with van der Waals surface area (Å²) in [6, 6.07) is 18.1. The summed E-state index contributed by atoms with van der Waals surface area (Å²) in [5.41, 5.74) is 4.31. The summed E-state index contributed by atoms with van der Waals surface area (Å²) in [5, 5.41) is 7.68. The maximum Gasteiger partial charge on any atom is 0.261 e. The number of pyridine rings is 1. The van der Waals surface area contributed by atoms with E-state index in [2.05, 4.69) is 10.3 Å². The zero-order chi connectivity index (χ0) is 25.1. The minimum absolute atomic E-state index is 0.232. The molecule has 0 atom stereocenters. The van der Waals surface area contributed by atoms with E-state index in [0.717, 1.165) is 35.3 Å². The number of nitrogens with zero attached hydrogens (tertiary/aromatic N) is 4. The van der Waals surface area contributed by atoms with Crippen molar-refractivity contribution >= 4 is 17.7 Å². The van der Waals surface area contributed by atoms with Gasteiger partial charge in [-0.15, -0.1) is 0 Å². The van der Waals surface area contributed by atoms with Crippen LogP contribution in [-0.4, -0.2) is 43.9 Å². The van der Waals surface area contributed by atoms with E-state index in [0.29, 0.717) is 17.7 Å². The van der Waals surface area contributed by atoms with Gasteiger partial charge in [0.1, 0.15) is 0 Å². The van der Waals surface area contributed by atoms with Gasteiger partial charge in [0.05, 0.1) is 22.5 Å². The molecule has 0 saturated carbocycles. The van der Waals surface area contributed by atoms with Gasteiger partial charge in [-0.05, 0) is 48.9 Å². The highest BCUT2D eigenvalue weighted by Gasteiger charge is 2.35. The largest absolute Gasteiger partial charge is 0.348 e. The van der Waals surface area contributed by atoms with Crippen molar-refractivity contribution in [2.24, 2.45) is 0 Å². The van der Waals surface area contributed by atoms with Crippen LogP contribution in [0.2, 0.25) is 0 Å². The monoisotopic (exact) mass is 479 g/mol. The molecule has 5 rings (SSSR count). The van der Waals surface area contributed by atoms with Gasteiger partial charge in [-0.3, -0.25) is 24.3 Å². The molecule has 0 fully saturated rings. The van der Waals surface area contributed by atoms with E-state index in [1.54, 1.807) is 29.2 Å². The number of hydrogen-bond acceptors (Lipinski definition) is 5. The number of rotatable bonds is 8. The van der Waals surface area contributed by atoms with Crippen LogP contribution in [0.4, 0.5) is 0 Å². The molecule has 4 aromatic rings. The molecule has 1 aliphatic heterocycles. The molecule has 0 spiro atoms. The third kappa shape index (κ3) is 4.40. The molecular formula is C28H25N5O3. The van der Waals surface area contributed by atoms with Crippen molar-refractivity contribution in [3.63, 3.8) is 0 Å². The molecule has 3 heterocycles. The van der Waals surface area contributed by atoms with Crippen LogP contribution in [0.5, 0.6) is 0 Å². The molecule has 3 amide bonds. The number of unbranched alkanes of at least 4 members (excludes halogenated alkanes) is 1. The fraction of sp³-hybridized carbons (Fsp3) is 0.179. The Morgan fingerprint density at radius 1 is 0.944 bits per heavy atom. The van der Waals surface area contributed by atoms with Crippen molar-refractivity contribution < 1.29 is 14.4 Å². The van der Waals surface area contributed by atoms with Gasteiger partial charge >= 0.3 is 0 Å². The van der Waals surface area contributed by atoms with E-state index < -0.39 is 0 Å². The van der Waals surface area contributed by atoms with Crippen LogP contribution in [0.1, 0.15) is 56.4 Å². The third-order valence-electron chi connectivity index (χ3n) is 6.17. The summed E-state index contributed by atoms with van der Waals surface area (Å²) in [4.78, 5) is 43.7. The normalized spacial score (nSPS) is 12.6. The van der Waals surface area contributed by atoms with Crippen LogP contribution in [0, 0.1) is 0 Å². The minimum atomic E-state index is -0.345. The number of carbonyl (C=O) groups excluding carboxylic acids is 3. The summed E-state index contributed by atoms with van der Waals surface area (Å²) in [6.07, 6.45) is 6.91. The predicted octanol–water partition coefficient (Wildman–Crippen LogP) is 4.26. The number of aromatic nitrogens is 3. The Hall–Kier alpha value is -4.59. The van der Waals surface area contributed by atoms with Gasteiger partial charge in [0.15, 0.2) is 0 Å². The lowest BCUT2D eigenvalue weighted by atomic mass is 10.0. The van der Waals surface area contributed by atoms with Gasteiger partial charge in [-0.25, -0.2) is 4.68 Å². The zero-order valence-corrected chi connectivity index (χ0v) is 19.8. The van der Waals surface area contributed by atoms with E-state index in [9.17, 15) is 14.4 Å². The van der Waals surface area contributed by atoms with Crippen LogP contribution in [0.25, 0.3) is 16.9 Å². The predicted molar refractivity (Wildman–Crippen MR) is 135 cm³/mol. The molecule has 180 valence electrons. The number of para-hydroxylation sites is 1. The smallest absolute Gasteiger partial charge is 0.261 e. The molecule has 1 aliphatic rings. The lowest BCUT2D eigenvalue weighted by Crippen LogP contribution is -2.30. The van der Waals surface area contributed by atoms with Gasteiger partial charge in [0.25, 0.3) is 17.7 Å². The Kier molecular flexibility index (Phi) is 6.40. The Labute approximate surface area is 208 Å². The quantitative estimate of drug-likeness (QED) is 0.381.